The first kappa shape index (κ1) is 21.8. The molecular weight excluding hydrogens is 429 g/mol. The number of carbonyl (C=O) groups excluding carboxylic acids is 1. The van der Waals surface area contributed by atoms with E-state index in [1.807, 2.05) is 0 Å². The standard InChI is InChI=1S/C22H23F3N2O3S/c1-31(29,30)26-14-6-5-11-27(13-14)21(28)22(25)12-17(22)15-7-2-3-8-16(15)20-18(23)9-4-10-19(20)24/h2-4,7-10,14,17,26H,5-6,11-13H2,1H3/t14-,17-,22-/m0/s1. The summed E-state index contributed by atoms with van der Waals surface area (Å²) in [7, 11) is -3.44. The van der Waals surface area contributed by atoms with Crippen LogP contribution in [0, 0.1) is 11.6 Å². The van der Waals surface area contributed by atoms with Crippen LogP contribution in [0.15, 0.2) is 42.5 Å². The molecule has 1 N–H and O–H groups in total. The summed E-state index contributed by atoms with van der Waals surface area (Å²) in [5.74, 6) is -3.04. The van der Waals surface area contributed by atoms with Crippen molar-refractivity contribution in [1.82, 2.24) is 9.62 Å². The van der Waals surface area contributed by atoms with Crippen LogP contribution in [0.4, 0.5) is 13.2 Å². The summed E-state index contributed by atoms with van der Waals surface area (Å²) in [4.78, 5) is 14.3. The minimum atomic E-state index is -3.44. The quantitative estimate of drug-likeness (QED) is 0.757. The van der Waals surface area contributed by atoms with Gasteiger partial charge >= 0.3 is 0 Å². The summed E-state index contributed by atoms with van der Waals surface area (Å²) in [6.07, 6.45) is 2.07. The van der Waals surface area contributed by atoms with Crippen molar-refractivity contribution in [1.29, 1.82) is 0 Å². The second kappa shape index (κ2) is 7.94. The Labute approximate surface area is 179 Å². The van der Waals surface area contributed by atoms with E-state index in [0.717, 1.165) is 18.4 Å². The number of nitrogens with zero attached hydrogens (tertiary/aromatic N) is 1. The predicted octanol–water partition coefficient (Wildman–Crippen LogP) is 3.37. The second-order valence-corrected chi connectivity index (χ2v) is 10.1. The molecule has 2 aliphatic rings. The van der Waals surface area contributed by atoms with Crippen molar-refractivity contribution in [2.45, 2.75) is 36.9 Å². The summed E-state index contributed by atoms with van der Waals surface area (Å²) < 4.78 is 69.9. The Morgan fingerprint density at radius 3 is 2.48 bits per heavy atom. The Bertz CT molecular complexity index is 1100. The molecule has 9 heteroatoms. The fourth-order valence-corrected chi connectivity index (χ4v) is 5.24. The molecule has 1 heterocycles. The number of likely N-dealkylation sites (tertiary alicyclic amines) is 1. The fraction of sp³-hybridized carbons (Fsp3) is 0.409. The van der Waals surface area contributed by atoms with Crippen LogP contribution >= 0.6 is 0 Å². The molecule has 0 aromatic heterocycles. The van der Waals surface area contributed by atoms with Crippen molar-refractivity contribution >= 4 is 15.9 Å². The van der Waals surface area contributed by atoms with Crippen LogP contribution in [-0.2, 0) is 14.8 Å². The third-order valence-corrected chi connectivity index (χ3v) is 6.67. The van der Waals surface area contributed by atoms with E-state index in [2.05, 4.69) is 4.72 Å². The third kappa shape index (κ3) is 4.34. The number of amides is 1. The maximum atomic E-state index is 15.7. The molecule has 1 aliphatic carbocycles. The van der Waals surface area contributed by atoms with Gasteiger partial charge in [-0.3, -0.25) is 4.79 Å². The molecular formula is C22H23F3N2O3S. The number of halogens is 3. The molecule has 1 amide bonds. The van der Waals surface area contributed by atoms with E-state index in [4.69, 9.17) is 0 Å². The number of nitrogens with one attached hydrogen (secondary N) is 1. The average molecular weight is 452 g/mol. The van der Waals surface area contributed by atoms with Gasteiger partial charge in [-0.2, -0.15) is 0 Å². The highest BCUT2D eigenvalue weighted by molar-refractivity contribution is 7.88. The van der Waals surface area contributed by atoms with Crippen LogP contribution in [0.25, 0.3) is 11.1 Å². The zero-order valence-corrected chi connectivity index (χ0v) is 17.8. The first-order valence-electron chi connectivity index (χ1n) is 10.1. The van der Waals surface area contributed by atoms with Gasteiger partial charge in [-0.1, -0.05) is 30.3 Å². The lowest BCUT2D eigenvalue weighted by Gasteiger charge is -2.33. The largest absolute Gasteiger partial charge is 0.338 e. The van der Waals surface area contributed by atoms with Gasteiger partial charge in [0.05, 0.1) is 11.8 Å². The molecule has 166 valence electrons. The summed E-state index contributed by atoms with van der Waals surface area (Å²) in [5.41, 5.74) is -1.81. The van der Waals surface area contributed by atoms with Gasteiger partial charge in [0.25, 0.3) is 5.91 Å². The Hall–Kier alpha value is -2.39. The number of hydrogen-bond acceptors (Lipinski definition) is 3. The summed E-state index contributed by atoms with van der Waals surface area (Å²) in [6, 6.07) is 9.44. The molecule has 1 saturated carbocycles. The van der Waals surface area contributed by atoms with Gasteiger partial charge in [0, 0.05) is 31.5 Å². The molecule has 31 heavy (non-hydrogen) atoms. The molecule has 0 unspecified atom stereocenters. The van der Waals surface area contributed by atoms with Crippen LogP contribution in [0.3, 0.4) is 0 Å². The molecule has 2 aromatic rings. The molecule has 1 aliphatic heterocycles. The number of carbonyl (C=O) groups is 1. The molecule has 2 aromatic carbocycles. The maximum Gasteiger partial charge on any atom is 0.260 e. The molecule has 4 rings (SSSR count). The van der Waals surface area contributed by atoms with Crippen LogP contribution in [-0.4, -0.2) is 50.3 Å². The van der Waals surface area contributed by atoms with Crippen molar-refractivity contribution in [3.05, 3.63) is 59.7 Å². The fourth-order valence-electron chi connectivity index (χ4n) is 4.44. The van der Waals surface area contributed by atoms with Gasteiger partial charge in [0.15, 0.2) is 5.67 Å². The maximum absolute atomic E-state index is 15.7. The second-order valence-electron chi connectivity index (χ2n) is 8.28. The highest BCUT2D eigenvalue weighted by atomic mass is 32.2. The minimum absolute atomic E-state index is 0.0837. The van der Waals surface area contributed by atoms with Crippen molar-refractivity contribution in [2.75, 3.05) is 19.3 Å². The summed E-state index contributed by atoms with van der Waals surface area (Å²) >= 11 is 0. The van der Waals surface area contributed by atoms with E-state index in [9.17, 15) is 22.0 Å². The van der Waals surface area contributed by atoms with Gasteiger partial charge in [-0.15, -0.1) is 0 Å². The molecule has 5 nitrogen and oxygen atoms in total. The number of piperidine rings is 1. The van der Waals surface area contributed by atoms with Gasteiger partial charge < -0.3 is 4.90 Å². The zero-order valence-electron chi connectivity index (χ0n) is 16.9. The summed E-state index contributed by atoms with van der Waals surface area (Å²) in [6.45, 7) is 0.427. The van der Waals surface area contributed by atoms with E-state index in [1.54, 1.807) is 18.2 Å². The lowest BCUT2D eigenvalue weighted by molar-refractivity contribution is -0.139. The highest BCUT2D eigenvalue weighted by Crippen LogP contribution is 2.57. The third-order valence-electron chi connectivity index (χ3n) is 5.91. The van der Waals surface area contributed by atoms with E-state index in [-0.39, 0.29) is 24.1 Å². The highest BCUT2D eigenvalue weighted by Gasteiger charge is 2.64. The SMILES string of the molecule is CS(=O)(=O)N[C@H]1CCCN(C(=O)[C@]2(F)C[C@H]2c2ccccc2-c2c(F)cccc2F)C1. The Balaban J connectivity index is 1.58. The molecule has 0 bridgehead atoms. The number of rotatable bonds is 5. The minimum Gasteiger partial charge on any atom is -0.338 e. The lowest BCUT2D eigenvalue weighted by Crippen LogP contribution is -2.51. The zero-order chi connectivity index (χ0) is 22.4. The van der Waals surface area contributed by atoms with E-state index >= 15 is 4.39 Å². The normalized spacial score (nSPS) is 26.0. The van der Waals surface area contributed by atoms with Crippen molar-refractivity contribution in [3.8, 4) is 11.1 Å². The number of hydrogen-bond donors (Lipinski definition) is 1. The Morgan fingerprint density at radius 2 is 1.81 bits per heavy atom. The van der Waals surface area contributed by atoms with Crippen LogP contribution in [0.2, 0.25) is 0 Å². The van der Waals surface area contributed by atoms with Gasteiger partial charge in [0.1, 0.15) is 11.6 Å². The number of benzene rings is 2. The van der Waals surface area contributed by atoms with Gasteiger partial charge in [0.2, 0.25) is 10.0 Å². The van der Waals surface area contributed by atoms with Crippen LogP contribution in [0.1, 0.15) is 30.7 Å². The van der Waals surface area contributed by atoms with Crippen LogP contribution < -0.4 is 4.72 Å². The molecule has 0 spiro atoms. The van der Waals surface area contributed by atoms with Gasteiger partial charge in [-0.25, -0.2) is 26.3 Å². The van der Waals surface area contributed by atoms with Crippen molar-refractivity contribution in [3.63, 3.8) is 0 Å². The van der Waals surface area contributed by atoms with Crippen LogP contribution in [0.5, 0.6) is 0 Å². The molecule has 0 radical (unpaired) electrons. The number of sulfonamides is 1. The van der Waals surface area contributed by atoms with Crippen molar-refractivity contribution in [2.24, 2.45) is 0 Å². The molecule has 2 fully saturated rings. The van der Waals surface area contributed by atoms with Crippen molar-refractivity contribution < 1.29 is 26.4 Å². The first-order valence-corrected chi connectivity index (χ1v) is 12.0. The van der Waals surface area contributed by atoms with E-state index in [1.165, 1.54) is 17.0 Å². The average Bonchev–Trinajstić information content (AvgIpc) is 3.39. The predicted molar refractivity (Wildman–Crippen MR) is 111 cm³/mol. The Kier molecular flexibility index (Phi) is 5.59. The summed E-state index contributed by atoms with van der Waals surface area (Å²) in [5, 5.41) is 0. The Morgan fingerprint density at radius 1 is 1.13 bits per heavy atom. The van der Waals surface area contributed by atoms with Gasteiger partial charge in [-0.05, 0) is 36.1 Å². The molecule has 3 atom stereocenters. The smallest absolute Gasteiger partial charge is 0.260 e. The monoisotopic (exact) mass is 452 g/mol. The lowest BCUT2D eigenvalue weighted by atomic mass is 9.94. The topological polar surface area (TPSA) is 66.5 Å². The van der Waals surface area contributed by atoms with E-state index < -0.39 is 45.2 Å². The number of alkyl halides is 1. The first-order chi connectivity index (χ1) is 14.6. The van der Waals surface area contributed by atoms with E-state index in [0.29, 0.717) is 24.9 Å². The molecule has 1 saturated heterocycles.